The lowest BCUT2D eigenvalue weighted by Crippen LogP contribution is -2.10. The van der Waals surface area contributed by atoms with E-state index in [0.717, 1.165) is 5.92 Å². The number of aryl methyl sites for hydroxylation is 10. The molecule has 0 saturated carbocycles. The Hall–Kier alpha value is -10.7. The van der Waals surface area contributed by atoms with Crippen LogP contribution in [0.1, 0.15) is 246 Å². The van der Waals surface area contributed by atoms with Gasteiger partial charge in [0.15, 0.2) is 0 Å². The Labute approximate surface area is 736 Å². The third kappa shape index (κ3) is 22.6. The van der Waals surface area contributed by atoms with Crippen LogP contribution >= 0.6 is 0 Å². The highest BCUT2D eigenvalue weighted by atomic mass is 14.3. The summed E-state index contributed by atoms with van der Waals surface area (Å²) in [5, 5.41) is 11.1. The van der Waals surface area contributed by atoms with E-state index in [4.69, 9.17) is 0 Å². The molecule has 0 fully saturated rings. The maximum atomic E-state index is 2.41. The summed E-state index contributed by atoms with van der Waals surface area (Å²) in [5.74, 6) is 0.834. The third-order valence-electron chi connectivity index (χ3n) is 25.2. The standard InChI is InChI=1S/C64H68.2C20H28.C18H16/c1-41-31-57(51-37-47(43-15-23-53(24-16-43)61(3,4)5)35-48(38-51)44-17-25-54(26-18-44)62(6,7)8)60-34-42(2)32-58(59(60)33-41)52-39-49(45-19-27-55(28-20-45)63(9,10)11)36-50(40-52)46-21-29-56(30-22-46)64(12,13)14;1-5-7-8-17(6-2)14-19-12-16(4)11-18-10-9-15(3)13-20(18)19;1-5-7-9-17-11-15(3)14-20-18(10-8-6-2)12-16(4)13-19(17)20;1-13-8-11-17-16(12-13)10-9-14(2)18(17)15-6-4-3-5-7-15/h15-40H,1-14H3;9-13,17H,5-8,14H2,1-4H3;11-14H,5-10H2,1-4H3;3-12H,1-2H3. The van der Waals surface area contributed by atoms with Crippen molar-refractivity contribution in [2.45, 2.75) is 258 Å². The number of hydrogen-bond donors (Lipinski definition) is 0. The highest BCUT2D eigenvalue weighted by molar-refractivity contribution is 6.07. The van der Waals surface area contributed by atoms with Gasteiger partial charge in [-0.1, -0.05) is 414 Å². The number of fused-ring (bicyclic) bond motifs is 4. The molecule has 1 unspecified atom stereocenters. The van der Waals surface area contributed by atoms with Gasteiger partial charge in [-0.3, -0.25) is 0 Å². The lowest BCUT2D eigenvalue weighted by atomic mass is 9.84. The first-order valence-corrected chi connectivity index (χ1v) is 45.9. The van der Waals surface area contributed by atoms with Gasteiger partial charge < -0.3 is 0 Å². The highest BCUT2D eigenvalue weighted by Gasteiger charge is 2.22. The third-order valence-corrected chi connectivity index (χ3v) is 25.2. The van der Waals surface area contributed by atoms with Gasteiger partial charge in [-0.25, -0.2) is 0 Å². The number of rotatable bonds is 19. The van der Waals surface area contributed by atoms with Crippen molar-refractivity contribution in [1.82, 2.24) is 0 Å². The van der Waals surface area contributed by atoms with E-state index in [-0.39, 0.29) is 21.7 Å². The van der Waals surface area contributed by atoms with Crippen LogP contribution in [0.25, 0.3) is 121 Å². The Kier molecular flexibility index (Phi) is 29.1. The summed E-state index contributed by atoms with van der Waals surface area (Å²) in [6, 6.07) is 104. The maximum Gasteiger partial charge on any atom is -0.00761 e. The zero-order valence-corrected chi connectivity index (χ0v) is 78.8. The van der Waals surface area contributed by atoms with Gasteiger partial charge in [0.1, 0.15) is 0 Å². The Bertz CT molecular complexity index is 5670. The molecule has 15 rings (SSSR count). The van der Waals surface area contributed by atoms with Gasteiger partial charge in [-0.15, -0.1) is 0 Å². The predicted molar refractivity (Wildman–Crippen MR) is 541 cm³/mol. The summed E-state index contributed by atoms with van der Waals surface area (Å²) in [6.07, 6.45) is 14.1. The summed E-state index contributed by atoms with van der Waals surface area (Å²) in [4.78, 5) is 0. The zero-order valence-electron chi connectivity index (χ0n) is 78.8. The molecule has 122 heavy (non-hydrogen) atoms. The van der Waals surface area contributed by atoms with Gasteiger partial charge >= 0.3 is 0 Å². The maximum absolute atomic E-state index is 2.41. The summed E-state index contributed by atoms with van der Waals surface area (Å²) in [5.41, 5.74) is 38.5. The molecule has 0 radical (unpaired) electrons. The minimum absolute atomic E-state index is 0.0877. The molecule has 15 aromatic rings. The van der Waals surface area contributed by atoms with Crippen LogP contribution in [0.2, 0.25) is 0 Å². The van der Waals surface area contributed by atoms with Crippen LogP contribution in [0.5, 0.6) is 0 Å². The van der Waals surface area contributed by atoms with Crippen molar-refractivity contribution in [3.63, 3.8) is 0 Å². The molecule has 15 aromatic carbocycles. The van der Waals surface area contributed by atoms with Gasteiger partial charge in [-0.2, -0.15) is 0 Å². The molecule has 0 aliphatic rings. The minimum atomic E-state index is 0.0877. The van der Waals surface area contributed by atoms with E-state index in [9.17, 15) is 0 Å². The zero-order chi connectivity index (χ0) is 87.5. The van der Waals surface area contributed by atoms with Crippen molar-refractivity contribution in [3.05, 3.63) is 356 Å². The van der Waals surface area contributed by atoms with Crippen LogP contribution in [0, 0.1) is 61.3 Å². The summed E-state index contributed by atoms with van der Waals surface area (Å²) in [7, 11) is 0. The Morgan fingerprint density at radius 3 is 0.959 bits per heavy atom. The monoisotopic (exact) mass is 1610 g/mol. The molecule has 0 bridgehead atoms. The molecule has 1 atom stereocenters. The molecule has 0 amide bonds. The second-order valence-corrected chi connectivity index (χ2v) is 39.9. The lowest BCUT2D eigenvalue weighted by molar-refractivity contribution is 0.450. The molecule has 0 heteroatoms. The van der Waals surface area contributed by atoms with E-state index in [1.807, 2.05) is 0 Å². The molecular weight excluding hydrogens is 1470 g/mol. The van der Waals surface area contributed by atoms with Crippen molar-refractivity contribution in [1.29, 1.82) is 0 Å². The fraction of sp³-hybridized carbons (Fsp3) is 0.328. The first kappa shape index (κ1) is 90.6. The SMILES string of the molecule is CCCCC(CC)Cc1cc(C)cc2ccc(C)cc12.CCCCc1cc(C)cc2c(CCCC)cc(C)cc12.Cc1cc(-c2cc(-c3ccc(C(C)(C)C)cc3)cc(-c3ccc(C(C)(C)C)cc3)c2)c2cc(C)cc(-c3cc(-c4ccc(C(C)(C)C)cc4)cc(-c4ccc(C(C)(C)C)cc4)c3)c2c1.Cc1ccc2c(-c3ccccc3)c(C)ccc2c1. The average molecular weight is 1610 g/mol. The highest BCUT2D eigenvalue weighted by Crippen LogP contribution is 2.45. The Balaban J connectivity index is 0.000000187. The van der Waals surface area contributed by atoms with Crippen LogP contribution in [0.15, 0.2) is 273 Å². The first-order chi connectivity index (χ1) is 58.0. The van der Waals surface area contributed by atoms with E-state index < -0.39 is 0 Å². The van der Waals surface area contributed by atoms with Crippen molar-refractivity contribution < 1.29 is 0 Å². The van der Waals surface area contributed by atoms with Crippen molar-refractivity contribution >= 4 is 43.1 Å². The quantitative estimate of drug-likeness (QED) is 0.0757. The average Bonchev–Trinajstić information content (AvgIpc) is 0.748. The van der Waals surface area contributed by atoms with E-state index in [1.165, 1.54) is 258 Å². The normalized spacial score (nSPS) is 12.1. The minimum Gasteiger partial charge on any atom is -0.0654 e. The first-order valence-electron chi connectivity index (χ1n) is 45.9. The summed E-state index contributed by atoms with van der Waals surface area (Å²) >= 11 is 0. The second-order valence-electron chi connectivity index (χ2n) is 39.9. The fourth-order valence-electron chi connectivity index (χ4n) is 17.9. The van der Waals surface area contributed by atoms with E-state index in [1.54, 1.807) is 16.7 Å². The van der Waals surface area contributed by atoms with Gasteiger partial charge in [-0.05, 0) is 328 Å². The fourth-order valence-corrected chi connectivity index (χ4v) is 17.9. The largest absolute Gasteiger partial charge is 0.0654 e. The molecule has 0 aliphatic heterocycles. The molecule has 0 spiro atoms. The van der Waals surface area contributed by atoms with Gasteiger partial charge in [0, 0.05) is 0 Å². The molecular formula is C122H140. The molecule has 628 valence electrons. The molecule has 0 aromatic heterocycles. The topological polar surface area (TPSA) is 0 Å². The number of hydrogen-bond acceptors (Lipinski definition) is 0. The lowest BCUT2D eigenvalue weighted by Gasteiger charge is -2.21. The van der Waals surface area contributed by atoms with Crippen molar-refractivity contribution in [3.8, 4) is 77.9 Å². The second kappa shape index (κ2) is 39.2. The van der Waals surface area contributed by atoms with Crippen LogP contribution in [-0.4, -0.2) is 0 Å². The van der Waals surface area contributed by atoms with Crippen LogP contribution in [0.4, 0.5) is 0 Å². The smallest absolute Gasteiger partial charge is 0.00761 e. The molecule has 0 nitrogen and oxygen atoms in total. The Morgan fingerprint density at radius 2 is 0.566 bits per heavy atom. The van der Waals surface area contributed by atoms with Crippen molar-refractivity contribution in [2.75, 3.05) is 0 Å². The van der Waals surface area contributed by atoms with Crippen LogP contribution < -0.4 is 0 Å². The summed E-state index contributed by atoms with van der Waals surface area (Å²) < 4.78 is 0. The van der Waals surface area contributed by atoms with Crippen LogP contribution in [0.3, 0.4) is 0 Å². The molecule has 0 heterocycles. The van der Waals surface area contributed by atoms with E-state index >= 15 is 0 Å². The summed E-state index contributed by atoms with van der Waals surface area (Å²) in [6.45, 7) is 54.3. The molecule has 0 saturated heterocycles. The number of unbranched alkanes of at least 4 members (excludes halogenated alkanes) is 3. The van der Waals surface area contributed by atoms with Crippen LogP contribution in [-0.2, 0) is 40.9 Å². The Morgan fingerprint density at radius 1 is 0.238 bits per heavy atom. The van der Waals surface area contributed by atoms with Gasteiger partial charge in [0.05, 0.1) is 0 Å². The van der Waals surface area contributed by atoms with Gasteiger partial charge in [0.25, 0.3) is 0 Å². The van der Waals surface area contributed by atoms with E-state index in [0.29, 0.717) is 0 Å². The molecule has 0 aliphatic carbocycles. The van der Waals surface area contributed by atoms with Crippen molar-refractivity contribution in [2.24, 2.45) is 5.92 Å². The number of benzene rings is 15. The van der Waals surface area contributed by atoms with Gasteiger partial charge in [0.2, 0.25) is 0 Å². The van der Waals surface area contributed by atoms with E-state index in [2.05, 4.69) is 439 Å². The molecule has 0 N–H and O–H groups in total. The predicted octanol–water partition coefficient (Wildman–Crippen LogP) is 36.1.